The molecule has 1 unspecified atom stereocenters. The number of hydrogen-bond donors (Lipinski definition) is 1. The molecule has 2 rings (SSSR count). The van der Waals surface area contributed by atoms with E-state index in [0.717, 1.165) is 5.92 Å². The van der Waals surface area contributed by atoms with Crippen molar-refractivity contribution in [3.05, 3.63) is 29.3 Å². The lowest BCUT2D eigenvalue weighted by Gasteiger charge is -2.22. The molecule has 0 spiro atoms. The van der Waals surface area contributed by atoms with Gasteiger partial charge in [0.25, 0.3) is 0 Å². The summed E-state index contributed by atoms with van der Waals surface area (Å²) >= 11 is 2.02. The Morgan fingerprint density at radius 3 is 2.94 bits per heavy atom. The Morgan fingerprint density at radius 2 is 2.24 bits per heavy atom. The number of hydrogen-bond acceptors (Lipinski definition) is 2. The topological polar surface area (TPSA) is 12.0 Å². The maximum Gasteiger partial charge on any atom is 0.0101 e. The van der Waals surface area contributed by atoms with Crippen molar-refractivity contribution in [3.8, 4) is 0 Å². The maximum atomic E-state index is 3.49. The summed E-state index contributed by atoms with van der Waals surface area (Å²) in [5, 5.41) is 3.49. The Labute approximate surface area is 109 Å². The first-order valence-corrected chi connectivity index (χ1v) is 7.65. The first-order valence-electron chi connectivity index (χ1n) is 6.66. The third-order valence-electron chi connectivity index (χ3n) is 3.51. The van der Waals surface area contributed by atoms with Gasteiger partial charge in [-0.1, -0.05) is 17.7 Å². The van der Waals surface area contributed by atoms with E-state index < -0.39 is 0 Å². The molecule has 0 aliphatic carbocycles. The molecule has 0 saturated carbocycles. The number of nitrogens with one attached hydrogen (secondary N) is 1. The summed E-state index contributed by atoms with van der Waals surface area (Å²) in [6.07, 6.45) is 4.13. The molecular weight excluding hydrogens is 226 g/mol. The Kier molecular flexibility index (Phi) is 4.93. The van der Waals surface area contributed by atoms with Gasteiger partial charge in [0.15, 0.2) is 0 Å². The minimum absolute atomic E-state index is 0.905. The van der Waals surface area contributed by atoms with Crippen LogP contribution in [0.25, 0.3) is 0 Å². The summed E-state index contributed by atoms with van der Waals surface area (Å²) in [5.74, 6) is 2.16. The summed E-state index contributed by atoms with van der Waals surface area (Å²) in [5.41, 5.74) is 2.79. The van der Waals surface area contributed by atoms with Crippen molar-refractivity contribution >= 4 is 11.8 Å². The van der Waals surface area contributed by atoms with Gasteiger partial charge in [0.1, 0.15) is 0 Å². The first-order chi connectivity index (χ1) is 8.25. The fourth-order valence-electron chi connectivity index (χ4n) is 2.47. The Hall–Kier alpha value is -0.470. The van der Waals surface area contributed by atoms with Gasteiger partial charge in [-0.05, 0) is 69.5 Å². The molecule has 1 N–H and O–H groups in total. The number of rotatable bonds is 4. The molecule has 1 aromatic rings. The fraction of sp³-hybridized carbons (Fsp3) is 0.600. The second-order valence-electron chi connectivity index (χ2n) is 5.12. The fourth-order valence-corrected chi connectivity index (χ4v) is 3.59. The highest BCUT2D eigenvalue weighted by Gasteiger charge is 2.12. The minimum atomic E-state index is 0.905. The molecule has 0 aromatic heterocycles. The largest absolute Gasteiger partial charge is 0.316 e. The van der Waals surface area contributed by atoms with Crippen molar-refractivity contribution in [2.45, 2.75) is 38.0 Å². The van der Waals surface area contributed by atoms with Gasteiger partial charge < -0.3 is 5.32 Å². The van der Waals surface area contributed by atoms with Gasteiger partial charge in [0.05, 0.1) is 0 Å². The molecule has 1 saturated heterocycles. The van der Waals surface area contributed by atoms with Crippen LogP contribution in [-0.2, 0) is 0 Å². The van der Waals surface area contributed by atoms with Crippen LogP contribution in [0.3, 0.4) is 0 Å². The predicted octanol–water partition coefficient (Wildman–Crippen LogP) is 3.79. The smallest absolute Gasteiger partial charge is 0.0101 e. The number of thioether (sulfide) groups is 1. The lowest BCUT2D eigenvalue weighted by molar-refractivity contribution is 0.371. The highest BCUT2D eigenvalue weighted by Crippen LogP contribution is 2.26. The highest BCUT2D eigenvalue weighted by molar-refractivity contribution is 7.99. The van der Waals surface area contributed by atoms with Crippen LogP contribution < -0.4 is 5.32 Å². The summed E-state index contributed by atoms with van der Waals surface area (Å²) in [6, 6.07) is 6.77. The van der Waals surface area contributed by atoms with Crippen LogP contribution in [0, 0.1) is 19.8 Å². The Bertz CT molecular complexity index is 356. The summed E-state index contributed by atoms with van der Waals surface area (Å²) in [7, 11) is 0. The molecule has 1 nitrogen and oxygen atoms in total. The lowest BCUT2D eigenvalue weighted by Crippen LogP contribution is -2.29. The summed E-state index contributed by atoms with van der Waals surface area (Å²) in [4.78, 5) is 1.46. The van der Waals surface area contributed by atoms with Crippen LogP contribution >= 0.6 is 11.8 Å². The predicted molar refractivity (Wildman–Crippen MR) is 76.9 cm³/mol. The van der Waals surface area contributed by atoms with Gasteiger partial charge >= 0.3 is 0 Å². The molecule has 0 bridgehead atoms. The van der Waals surface area contributed by atoms with Gasteiger partial charge in [-0.3, -0.25) is 0 Å². The molecule has 2 heteroatoms. The van der Waals surface area contributed by atoms with E-state index in [-0.39, 0.29) is 0 Å². The van der Waals surface area contributed by atoms with Crippen LogP contribution in [0.5, 0.6) is 0 Å². The highest BCUT2D eigenvalue weighted by atomic mass is 32.2. The van der Waals surface area contributed by atoms with Crippen LogP contribution in [0.15, 0.2) is 23.1 Å². The van der Waals surface area contributed by atoms with Crippen molar-refractivity contribution in [2.24, 2.45) is 5.92 Å². The maximum absolute atomic E-state index is 3.49. The first kappa shape index (κ1) is 13.0. The van der Waals surface area contributed by atoms with Crippen molar-refractivity contribution in [3.63, 3.8) is 0 Å². The number of benzene rings is 1. The molecule has 1 aromatic carbocycles. The molecule has 1 fully saturated rings. The zero-order valence-corrected chi connectivity index (χ0v) is 11.8. The molecular formula is C15H23NS. The molecule has 0 radical (unpaired) electrons. The van der Waals surface area contributed by atoms with Gasteiger partial charge in [-0.25, -0.2) is 0 Å². The van der Waals surface area contributed by atoms with E-state index in [1.807, 2.05) is 11.8 Å². The van der Waals surface area contributed by atoms with Gasteiger partial charge in [0, 0.05) is 4.90 Å². The standard InChI is InChI=1S/C15H23NS/c1-12-5-6-15(13(2)10-12)17-9-7-14-4-3-8-16-11-14/h5-6,10,14,16H,3-4,7-9,11H2,1-2H3. The van der Waals surface area contributed by atoms with Crippen LogP contribution in [-0.4, -0.2) is 18.8 Å². The third-order valence-corrected chi connectivity index (χ3v) is 4.72. The lowest BCUT2D eigenvalue weighted by atomic mass is 9.97. The molecule has 17 heavy (non-hydrogen) atoms. The van der Waals surface area contributed by atoms with Crippen molar-refractivity contribution in [1.82, 2.24) is 5.32 Å². The SMILES string of the molecule is Cc1ccc(SCCC2CCCNC2)c(C)c1. The number of aryl methyl sites for hydroxylation is 2. The summed E-state index contributed by atoms with van der Waals surface area (Å²) < 4.78 is 0. The second-order valence-corrected chi connectivity index (χ2v) is 6.26. The normalized spacial score (nSPS) is 20.5. The monoisotopic (exact) mass is 249 g/mol. The van der Waals surface area contributed by atoms with Crippen molar-refractivity contribution in [2.75, 3.05) is 18.8 Å². The second kappa shape index (κ2) is 6.46. The van der Waals surface area contributed by atoms with E-state index in [4.69, 9.17) is 0 Å². The van der Waals surface area contributed by atoms with Gasteiger partial charge in [0.2, 0.25) is 0 Å². The van der Waals surface area contributed by atoms with Crippen molar-refractivity contribution < 1.29 is 0 Å². The minimum Gasteiger partial charge on any atom is -0.316 e. The average molecular weight is 249 g/mol. The van der Waals surface area contributed by atoms with E-state index in [1.54, 1.807) is 0 Å². The molecule has 1 aliphatic heterocycles. The molecule has 1 heterocycles. The molecule has 1 atom stereocenters. The summed E-state index contributed by atoms with van der Waals surface area (Å²) in [6.45, 7) is 6.83. The van der Waals surface area contributed by atoms with Crippen molar-refractivity contribution in [1.29, 1.82) is 0 Å². The quantitative estimate of drug-likeness (QED) is 0.815. The zero-order chi connectivity index (χ0) is 12.1. The third kappa shape index (κ3) is 4.04. The van der Waals surface area contributed by atoms with E-state index in [0.29, 0.717) is 0 Å². The molecule has 0 amide bonds. The average Bonchev–Trinajstić information content (AvgIpc) is 2.33. The Balaban J connectivity index is 1.77. The number of piperidine rings is 1. The van der Waals surface area contributed by atoms with E-state index >= 15 is 0 Å². The van der Waals surface area contributed by atoms with Gasteiger partial charge in [-0.2, -0.15) is 0 Å². The van der Waals surface area contributed by atoms with Crippen LogP contribution in [0.1, 0.15) is 30.4 Å². The van der Waals surface area contributed by atoms with E-state index in [1.165, 1.54) is 54.1 Å². The molecule has 1 aliphatic rings. The van der Waals surface area contributed by atoms with Gasteiger partial charge in [-0.15, -0.1) is 11.8 Å². The molecule has 94 valence electrons. The Morgan fingerprint density at radius 1 is 1.35 bits per heavy atom. The zero-order valence-electron chi connectivity index (χ0n) is 11.0. The van der Waals surface area contributed by atoms with Crippen LogP contribution in [0.4, 0.5) is 0 Å². The van der Waals surface area contributed by atoms with Crippen LogP contribution in [0.2, 0.25) is 0 Å². The van der Waals surface area contributed by atoms with E-state index in [9.17, 15) is 0 Å². The van der Waals surface area contributed by atoms with E-state index in [2.05, 4.69) is 37.4 Å².